The Balaban J connectivity index is 1.72. The summed E-state index contributed by atoms with van der Waals surface area (Å²) in [5.74, 6) is 1.27. The number of H-pyrrole nitrogens is 1. The Bertz CT molecular complexity index is 977. The van der Waals surface area contributed by atoms with E-state index in [9.17, 15) is 4.79 Å². The fourth-order valence-corrected chi connectivity index (χ4v) is 2.85. The predicted octanol–water partition coefficient (Wildman–Crippen LogP) is 3.24. The minimum absolute atomic E-state index is 0.0998. The average molecular weight is 368 g/mol. The highest BCUT2D eigenvalue weighted by atomic mass is 32.1. The zero-order valence-corrected chi connectivity index (χ0v) is 15.5. The number of amides is 1. The van der Waals surface area contributed by atoms with Crippen LogP contribution in [0.15, 0.2) is 48.5 Å². The van der Waals surface area contributed by atoms with E-state index in [1.54, 1.807) is 11.7 Å². The van der Waals surface area contributed by atoms with Crippen LogP contribution in [0.3, 0.4) is 0 Å². The van der Waals surface area contributed by atoms with Gasteiger partial charge in [-0.05, 0) is 42.9 Å². The minimum atomic E-state index is -0.140. The lowest BCUT2D eigenvalue weighted by Gasteiger charge is -2.09. The van der Waals surface area contributed by atoms with E-state index in [2.05, 4.69) is 15.5 Å². The zero-order chi connectivity index (χ0) is 18.5. The highest BCUT2D eigenvalue weighted by Crippen LogP contribution is 2.18. The molecule has 0 aliphatic rings. The van der Waals surface area contributed by atoms with Crippen molar-refractivity contribution in [2.75, 3.05) is 7.11 Å². The number of hydrogen-bond acceptors (Lipinski definition) is 4. The van der Waals surface area contributed by atoms with Crippen molar-refractivity contribution in [2.24, 2.45) is 0 Å². The number of nitrogens with zero attached hydrogens (tertiary/aromatic N) is 2. The Hall–Kier alpha value is -2.93. The van der Waals surface area contributed by atoms with Crippen LogP contribution in [-0.4, -0.2) is 27.8 Å². The maximum atomic E-state index is 12.4. The maximum absolute atomic E-state index is 12.4. The quantitative estimate of drug-likeness (QED) is 0.655. The smallest absolute Gasteiger partial charge is 0.240 e. The zero-order valence-electron chi connectivity index (χ0n) is 14.7. The van der Waals surface area contributed by atoms with E-state index in [0.717, 1.165) is 22.4 Å². The Morgan fingerprint density at radius 2 is 2.08 bits per heavy atom. The molecule has 6 nitrogen and oxygen atoms in total. The van der Waals surface area contributed by atoms with Gasteiger partial charge in [0.2, 0.25) is 5.91 Å². The largest absolute Gasteiger partial charge is 0.497 e. The number of aromatic nitrogens is 3. The summed E-state index contributed by atoms with van der Waals surface area (Å²) < 4.78 is 7.31. The number of nitrogens with one attached hydrogen (secondary N) is 2. The highest BCUT2D eigenvalue weighted by molar-refractivity contribution is 7.71. The van der Waals surface area contributed by atoms with E-state index in [4.69, 9.17) is 17.0 Å². The third kappa shape index (κ3) is 4.18. The summed E-state index contributed by atoms with van der Waals surface area (Å²) in [6.07, 6.45) is 0. The van der Waals surface area contributed by atoms with E-state index >= 15 is 0 Å². The molecule has 2 N–H and O–H groups in total. The highest BCUT2D eigenvalue weighted by Gasteiger charge is 2.12. The van der Waals surface area contributed by atoms with Gasteiger partial charge in [-0.3, -0.25) is 14.5 Å². The summed E-state index contributed by atoms with van der Waals surface area (Å²) in [4.78, 5) is 12.4. The van der Waals surface area contributed by atoms with Gasteiger partial charge < -0.3 is 10.1 Å². The molecule has 0 saturated heterocycles. The second kappa shape index (κ2) is 7.97. The number of carbonyl (C=O) groups is 1. The lowest BCUT2D eigenvalue weighted by molar-refractivity contribution is -0.121. The average Bonchev–Trinajstić information content (AvgIpc) is 3.01. The molecule has 134 valence electrons. The number of ether oxygens (including phenoxy) is 1. The van der Waals surface area contributed by atoms with Gasteiger partial charge in [-0.25, -0.2) is 0 Å². The first kappa shape index (κ1) is 17.9. The molecule has 0 aliphatic carbocycles. The summed E-state index contributed by atoms with van der Waals surface area (Å²) in [6.45, 7) is 2.53. The van der Waals surface area contributed by atoms with Crippen LogP contribution in [0.2, 0.25) is 0 Å². The molecule has 0 unspecified atom stereocenters. The van der Waals surface area contributed by atoms with Gasteiger partial charge in [0.25, 0.3) is 0 Å². The van der Waals surface area contributed by atoms with Crippen LogP contribution in [0, 0.1) is 11.7 Å². The van der Waals surface area contributed by atoms with Crippen LogP contribution < -0.4 is 10.1 Å². The normalized spacial score (nSPS) is 10.5. The molecule has 2 aromatic carbocycles. The SMILES string of the molecule is COc1cccc(CNC(=O)Cn2c(-c3cccc(C)c3)n[nH]c2=S)c1. The fourth-order valence-electron chi connectivity index (χ4n) is 2.65. The monoisotopic (exact) mass is 368 g/mol. The standard InChI is InChI=1S/C19H20N4O2S/c1-13-5-3-7-15(9-13)18-21-22-19(26)23(18)12-17(24)20-11-14-6-4-8-16(10-14)25-2/h3-10H,11-12H2,1-2H3,(H,20,24)(H,22,26). The van der Waals surface area contributed by atoms with Crippen molar-refractivity contribution in [3.05, 3.63) is 64.4 Å². The maximum Gasteiger partial charge on any atom is 0.240 e. The number of aromatic amines is 1. The number of benzene rings is 2. The second-order valence-corrected chi connectivity index (χ2v) is 6.32. The molecule has 0 saturated carbocycles. The number of methoxy groups -OCH3 is 1. The molecule has 0 fully saturated rings. The summed E-state index contributed by atoms with van der Waals surface area (Å²) >= 11 is 5.28. The predicted molar refractivity (Wildman–Crippen MR) is 102 cm³/mol. The molecule has 0 spiro atoms. The van der Waals surface area contributed by atoms with Crippen LogP contribution in [0.1, 0.15) is 11.1 Å². The van der Waals surface area contributed by atoms with Gasteiger partial charge in [0, 0.05) is 12.1 Å². The molecular formula is C19H20N4O2S. The molecule has 0 atom stereocenters. The Labute approximate surface area is 156 Å². The van der Waals surface area contributed by atoms with Gasteiger partial charge in [-0.1, -0.05) is 35.9 Å². The molecule has 1 aromatic heterocycles. The van der Waals surface area contributed by atoms with Crippen molar-refractivity contribution in [1.82, 2.24) is 20.1 Å². The van der Waals surface area contributed by atoms with Crippen molar-refractivity contribution >= 4 is 18.1 Å². The number of carbonyl (C=O) groups excluding carboxylic acids is 1. The molecular weight excluding hydrogens is 348 g/mol. The van der Waals surface area contributed by atoms with Gasteiger partial charge in [0.15, 0.2) is 10.6 Å². The van der Waals surface area contributed by atoms with Gasteiger partial charge in [0.1, 0.15) is 12.3 Å². The summed E-state index contributed by atoms with van der Waals surface area (Å²) in [7, 11) is 1.62. The molecule has 0 bridgehead atoms. The number of aryl methyl sites for hydroxylation is 1. The van der Waals surface area contributed by atoms with Crippen molar-refractivity contribution in [3.63, 3.8) is 0 Å². The van der Waals surface area contributed by atoms with Gasteiger partial charge in [-0.2, -0.15) is 5.10 Å². The van der Waals surface area contributed by atoms with Gasteiger partial charge in [0.05, 0.1) is 7.11 Å². The molecule has 3 rings (SSSR count). The van der Waals surface area contributed by atoms with Crippen molar-refractivity contribution in [1.29, 1.82) is 0 Å². The first-order valence-corrected chi connectivity index (χ1v) is 8.59. The van der Waals surface area contributed by atoms with E-state index in [1.165, 1.54) is 0 Å². The minimum Gasteiger partial charge on any atom is -0.497 e. The summed E-state index contributed by atoms with van der Waals surface area (Å²) in [6, 6.07) is 15.5. The second-order valence-electron chi connectivity index (χ2n) is 5.94. The van der Waals surface area contributed by atoms with E-state index in [0.29, 0.717) is 17.1 Å². The van der Waals surface area contributed by atoms with Crippen molar-refractivity contribution in [2.45, 2.75) is 20.0 Å². The van der Waals surface area contributed by atoms with E-state index < -0.39 is 0 Å². The van der Waals surface area contributed by atoms with Crippen LogP contribution >= 0.6 is 12.2 Å². The first-order valence-electron chi connectivity index (χ1n) is 8.18. The molecule has 7 heteroatoms. The van der Waals surface area contributed by atoms with E-state index in [-0.39, 0.29) is 12.5 Å². The van der Waals surface area contributed by atoms with E-state index in [1.807, 2.05) is 55.5 Å². The molecule has 3 aromatic rings. The van der Waals surface area contributed by atoms with Gasteiger partial charge >= 0.3 is 0 Å². The molecule has 26 heavy (non-hydrogen) atoms. The Morgan fingerprint density at radius 1 is 1.27 bits per heavy atom. The Morgan fingerprint density at radius 3 is 2.85 bits per heavy atom. The van der Waals surface area contributed by atoms with Crippen LogP contribution in [0.5, 0.6) is 5.75 Å². The lowest BCUT2D eigenvalue weighted by Crippen LogP contribution is -2.27. The topological polar surface area (TPSA) is 71.9 Å². The third-order valence-electron chi connectivity index (χ3n) is 3.96. The Kier molecular flexibility index (Phi) is 5.48. The lowest BCUT2D eigenvalue weighted by atomic mass is 10.1. The van der Waals surface area contributed by atoms with Crippen LogP contribution in [-0.2, 0) is 17.9 Å². The summed E-state index contributed by atoms with van der Waals surface area (Å²) in [5, 5.41) is 9.94. The molecule has 0 aliphatic heterocycles. The van der Waals surface area contributed by atoms with Crippen molar-refractivity contribution < 1.29 is 9.53 Å². The first-order chi connectivity index (χ1) is 12.6. The van der Waals surface area contributed by atoms with Crippen LogP contribution in [0.4, 0.5) is 0 Å². The summed E-state index contributed by atoms with van der Waals surface area (Å²) in [5.41, 5.74) is 3.00. The van der Waals surface area contributed by atoms with Crippen LogP contribution in [0.25, 0.3) is 11.4 Å². The molecule has 1 heterocycles. The number of hydrogen-bond donors (Lipinski definition) is 2. The number of rotatable bonds is 6. The molecule has 0 radical (unpaired) electrons. The fraction of sp³-hybridized carbons (Fsp3) is 0.211. The van der Waals surface area contributed by atoms with Gasteiger partial charge in [-0.15, -0.1) is 0 Å². The molecule has 1 amide bonds. The van der Waals surface area contributed by atoms with Crippen molar-refractivity contribution in [3.8, 4) is 17.1 Å². The third-order valence-corrected chi connectivity index (χ3v) is 4.27.